The van der Waals surface area contributed by atoms with Crippen LogP contribution in [0.4, 0.5) is 0 Å². The van der Waals surface area contributed by atoms with E-state index in [1.165, 1.54) is 28.3 Å². The molecule has 2 aromatic carbocycles. The van der Waals surface area contributed by atoms with Crippen LogP contribution in [0.1, 0.15) is 67.3 Å². The molecule has 0 bridgehead atoms. The van der Waals surface area contributed by atoms with Crippen molar-refractivity contribution in [1.82, 2.24) is 9.62 Å². The molecule has 8 heteroatoms. The van der Waals surface area contributed by atoms with Crippen molar-refractivity contribution >= 4 is 39.1 Å². The first-order valence-electron chi connectivity index (χ1n) is 12.1. The van der Waals surface area contributed by atoms with E-state index in [1.807, 2.05) is 0 Å². The van der Waals surface area contributed by atoms with Crippen molar-refractivity contribution in [3.63, 3.8) is 0 Å². The fourth-order valence-corrected chi connectivity index (χ4v) is 7.21. The zero-order valence-corrected chi connectivity index (χ0v) is 21.9. The van der Waals surface area contributed by atoms with Crippen LogP contribution in [0.3, 0.4) is 0 Å². The maximum Gasteiger partial charge on any atom is 0.224 e. The maximum atomic E-state index is 13.2. The van der Waals surface area contributed by atoms with Crippen LogP contribution in [0, 0.1) is 5.92 Å². The van der Waals surface area contributed by atoms with Gasteiger partial charge in [0.05, 0.1) is 17.7 Å². The van der Waals surface area contributed by atoms with Crippen molar-refractivity contribution < 1.29 is 13.2 Å². The van der Waals surface area contributed by atoms with Gasteiger partial charge in [-0.3, -0.25) is 4.79 Å². The third kappa shape index (κ3) is 5.96. The third-order valence-corrected chi connectivity index (χ3v) is 9.38. The van der Waals surface area contributed by atoms with E-state index in [0.717, 1.165) is 24.8 Å². The first-order chi connectivity index (χ1) is 16.3. The highest BCUT2D eigenvalue weighted by atomic mass is 35.5. The van der Waals surface area contributed by atoms with Gasteiger partial charge in [-0.25, -0.2) is 12.7 Å². The van der Waals surface area contributed by atoms with Crippen molar-refractivity contribution in [2.45, 2.75) is 63.7 Å². The number of hydrogen-bond acceptors (Lipinski definition) is 3. The lowest BCUT2D eigenvalue weighted by Crippen LogP contribution is -2.46. The summed E-state index contributed by atoms with van der Waals surface area (Å²) >= 11 is 12.1. The molecule has 2 unspecified atom stereocenters. The SMILES string of the molecule is CCC(NC(=O)C1CCCN(S(=O)(=O)Cc2ccc(Cl)cc2Cl)C1)c1ccc2c(c1)CCCC2. The lowest BCUT2D eigenvalue weighted by atomic mass is 9.88. The molecule has 1 N–H and O–H groups in total. The zero-order chi connectivity index (χ0) is 24.3. The summed E-state index contributed by atoms with van der Waals surface area (Å²) in [6, 6.07) is 11.3. The number of benzene rings is 2. The van der Waals surface area contributed by atoms with Crippen molar-refractivity contribution in [1.29, 1.82) is 0 Å². The lowest BCUT2D eigenvalue weighted by Gasteiger charge is -2.32. The molecule has 0 saturated carbocycles. The second-order valence-corrected chi connectivity index (χ2v) is 12.2. The number of sulfonamides is 1. The molecule has 4 rings (SSSR count). The molecular formula is C26H32Cl2N2O3S. The lowest BCUT2D eigenvalue weighted by molar-refractivity contribution is -0.126. The average molecular weight is 524 g/mol. The molecule has 1 aliphatic carbocycles. The summed E-state index contributed by atoms with van der Waals surface area (Å²) in [5, 5.41) is 4.00. The van der Waals surface area contributed by atoms with Gasteiger partial charge in [0.15, 0.2) is 0 Å². The van der Waals surface area contributed by atoms with Crippen LogP contribution in [0.5, 0.6) is 0 Å². The number of amides is 1. The van der Waals surface area contributed by atoms with Crippen LogP contribution in [0.2, 0.25) is 10.0 Å². The summed E-state index contributed by atoms with van der Waals surface area (Å²) in [6.45, 7) is 2.68. The van der Waals surface area contributed by atoms with Crippen LogP contribution in [-0.4, -0.2) is 31.7 Å². The first-order valence-corrected chi connectivity index (χ1v) is 14.5. The van der Waals surface area contributed by atoms with E-state index < -0.39 is 10.0 Å². The smallest absolute Gasteiger partial charge is 0.224 e. The number of halogens is 2. The number of rotatable bonds is 7. The first kappa shape index (κ1) is 25.5. The quantitative estimate of drug-likeness (QED) is 0.508. The molecule has 1 amide bonds. The van der Waals surface area contributed by atoms with Gasteiger partial charge in [0.1, 0.15) is 0 Å². The molecule has 1 saturated heterocycles. The van der Waals surface area contributed by atoms with E-state index in [2.05, 4.69) is 30.4 Å². The van der Waals surface area contributed by atoms with Gasteiger partial charge < -0.3 is 5.32 Å². The molecule has 1 fully saturated rings. The molecule has 0 radical (unpaired) electrons. The number of hydrogen-bond donors (Lipinski definition) is 1. The van der Waals surface area contributed by atoms with Crippen molar-refractivity contribution in [3.05, 3.63) is 68.7 Å². The van der Waals surface area contributed by atoms with Crippen molar-refractivity contribution in [3.8, 4) is 0 Å². The number of nitrogens with one attached hydrogen (secondary N) is 1. The Morgan fingerprint density at radius 1 is 1.09 bits per heavy atom. The van der Waals surface area contributed by atoms with E-state index in [0.29, 0.717) is 35.0 Å². The molecule has 2 atom stereocenters. The molecule has 5 nitrogen and oxygen atoms in total. The summed E-state index contributed by atoms with van der Waals surface area (Å²) in [6.07, 6.45) is 6.81. The van der Waals surface area contributed by atoms with Gasteiger partial charge in [0.2, 0.25) is 15.9 Å². The summed E-state index contributed by atoms with van der Waals surface area (Å²) < 4.78 is 27.6. The third-order valence-electron chi connectivity index (χ3n) is 7.00. The summed E-state index contributed by atoms with van der Waals surface area (Å²) in [4.78, 5) is 13.2. The Morgan fingerprint density at radius 2 is 1.85 bits per heavy atom. The van der Waals surface area contributed by atoms with Gasteiger partial charge in [-0.15, -0.1) is 0 Å². The Bertz CT molecular complexity index is 1150. The van der Waals surface area contributed by atoms with Crippen LogP contribution < -0.4 is 5.32 Å². The Balaban J connectivity index is 1.42. The molecule has 1 heterocycles. The highest BCUT2D eigenvalue weighted by molar-refractivity contribution is 7.88. The summed E-state index contributed by atoms with van der Waals surface area (Å²) in [5.74, 6) is -0.644. The monoisotopic (exact) mass is 522 g/mol. The Hall–Kier alpha value is -1.60. The number of carbonyl (C=O) groups is 1. The van der Waals surface area contributed by atoms with Crippen LogP contribution >= 0.6 is 23.2 Å². The average Bonchev–Trinajstić information content (AvgIpc) is 2.84. The van der Waals surface area contributed by atoms with Crippen molar-refractivity contribution in [2.24, 2.45) is 5.92 Å². The van der Waals surface area contributed by atoms with Crippen LogP contribution in [0.15, 0.2) is 36.4 Å². The van der Waals surface area contributed by atoms with Crippen LogP contribution in [-0.2, 0) is 33.4 Å². The number of carbonyl (C=O) groups excluding carboxylic acids is 1. The van der Waals surface area contributed by atoms with Gasteiger partial charge in [0, 0.05) is 23.1 Å². The van der Waals surface area contributed by atoms with E-state index >= 15 is 0 Å². The maximum absolute atomic E-state index is 13.2. The second-order valence-electron chi connectivity index (χ2n) is 9.39. The fourth-order valence-electron chi connectivity index (χ4n) is 5.02. The normalized spacial score (nSPS) is 19.9. The van der Waals surface area contributed by atoms with Crippen LogP contribution in [0.25, 0.3) is 0 Å². The van der Waals surface area contributed by atoms with Gasteiger partial charge in [-0.1, -0.05) is 54.4 Å². The van der Waals surface area contributed by atoms with E-state index in [9.17, 15) is 13.2 Å². The Morgan fingerprint density at radius 3 is 2.59 bits per heavy atom. The second kappa shape index (κ2) is 11.0. The van der Waals surface area contributed by atoms with E-state index in [1.54, 1.807) is 18.2 Å². The molecule has 34 heavy (non-hydrogen) atoms. The number of piperidine rings is 1. The molecule has 0 aromatic heterocycles. The minimum absolute atomic E-state index is 0.0698. The Labute approximate surface area is 212 Å². The molecule has 184 valence electrons. The van der Waals surface area contributed by atoms with E-state index in [4.69, 9.17) is 23.2 Å². The largest absolute Gasteiger partial charge is 0.349 e. The predicted octanol–water partition coefficient (Wildman–Crippen LogP) is 5.68. The molecule has 2 aromatic rings. The number of aryl methyl sites for hydroxylation is 2. The minimum atomic E-state index is -3.61. The summed E-state index contributed by atoms with van der Waals surface area (Å²) in [5.41, 5.74) is 4.46. The van der Waals surface area contributed by atoms with Gasteiger partial charge in [-0.05, 0) is 79.3 Å². The Kier molecular flexibility index (Phi) is 8.24. The summed E-state index contributed by atoms with van der Waals surface area (Å²) in [7, 11) is -3.61. The highest BCUT2D eigenvalue weighted by Gasteiger charge is 2.33. The van der Waals surface area contributed by atoms with Gasteiger partial charge in [-0.2, -0.15) is 0 Å². The molecule has 0 spiro atoms. The van der Waals surface area contributed by atoms with Crippen molar-refractivity contribution in [2.75, 3.05) is 13.1 Å². The predicted molar refractivity (Wildman–Crippen MR) is 138 cm³/mol. The molecule has 2 aliphatic rings. The van der Waals surface area contributed by atoms with Gasteiger partial charge >= 0.3 is 0 Å². The highest BCUT2D eigenvalue weighted by Crippen LogP contribution is 2.29. The molecular weight excluding hydrogens is 491 g/mol. The minimum Gasteiger partial charge on any atom is -0.349 e. The topological polar surface area (TPSA) is 66.5 Å². The molecule has 1 aliphatic heterocycles. The number of fused-ring (bicyclic) bond motifs is 1. The number of nitrogens with zero attached hydrogens (tertiary/aromatic N) is 1. The fraction of sp³-hybridized carbons (Fsp3) is 0.500. The van der Waals surface area contributed by atoms with Gasteiger partial charge in [0.25, 0.3) is 0 Å². The van der Waals surface area contributed by atoms with E-state index in [-0.39, 0.29) is 30.2 Å². The standard InChI is InChI=1S/C26H32Cl2N2O3S/c1-2-25(20-10-9-18-6-3-4-7-19(18)14-20)29-26(31)21-8-5-13-30(16-21)34(32,33)17-22-11-12-23(27)15-24(22)28/h9-12,14-15,21,25H,2-8,13,16-17H2,1H3,(H,29,31). The zero-order valence-electron chi connectivity index (χ0n) is 19.5.